The zero-order chi connectivity index (χ0) is 24.8. The zero-order valence-electron chi connectivity index (χ0n) is 19.9. The predicted octanol–water partition coefficient (Wildman–Crippen LogP) is 3.40. The van der Waals surface area contributed by atoms with Gasteiger partial charge in [-0.3, -0.25) is 9.59 Å². The standard InChI is InChI=1S/C26H34O8/c1-19-17-21(3-7-23(19)27)5-9-25(29)33-15-13-31-11-12-32-14-16-34-26(30)10-6-22-4-8-24(28)20(2)18-22/h3-4,7-8,17-18,27-28H,5-6,9-16H2,1-2H3. The van der Waals surface area contributed by atoms with E-state index in [1.54, 1.807) is 24.3 Å². The molecule has 2 N–H and O–H groups in total. The number of hydrogen-bond acceptors (Lipinski definition) is 8. The number of phenols is 2. The third-order valence-electron chi connectivity index (χ3n) is 5.11. The van der Waals surface area contributed by atoms with Gasteiger partial charge in [-0.05, 0) is 61.1 Å². The highest BCUT2D eigenvalue weighted by atomic mass is 16.6. The van der Waals surface area contributed by atoms with Gasteiger partial charge < -0.3 is 29.2 Å². The van der Waals surface area contributed by atoms with Crippen molar-refractivity contribution in [3.8, 4) is 11.5 Å². The van der Waals surface area contributed by atoms with E-state index in [0.29, 0.717) is 26.1 Å². The lowest BCUT2D eigenvalue weighted by Crippen LogP contribution is -2.15. The highest BCUT2D eigenvalue weighted by Gasteiger charge is 2.06. The molecule has 0 aliphatic rings. The summed E-state index contributed by atoms with van der Waals surface area (Å²) in [6.07, 6.45) is 1.63. The summed E-state index contributed by atoms with van der Waals surface area (Å²) in [7, 11) is 0. The Kier molecular flexibility index (Phi) is 11.9. The molecule has 34 heavy (non-hydrogen) atoms. The third kappa shape index (κ3) is 10.7. The Morgan fingerprint density at radius 2 is 1.03 bits per heavy atom. The number of ether oxygens (including phenoxy) is 4. The molecule has 2 aromatic rings. The second-order valence-corrected chi connectivity index (χ2v) is 7.91. The number of carbonyl (C=O) groups is 2. The topological polar surface area (TPSA) is 112 Å². The monoisotopic (exact) mass is 474 g/mol. The molecule has 0 heterocycles. The van der Waals surface area contributed by atoms with Gasteiger partial charge in [0.05, 0.1) is 26.4 Å². The SMILES string of the molecule is Cc1cc(CCC(=O)OCCOCCOCCOC(=O)CCc2ccc(O)c(C)c2)ccc1O. The summed E-state index contributed by atoms with van der Waals surface area (Å²) in [5.41, 5.74) is 3.50. The summed E-state index contributed by atoms with van der Waals surface area (Å²) < 4.78 is 21.0. The van der Waals surface area contributed by atoms with E-state index in [1.807, 2.05) is 26.0 Å². The molecule has 0 saturated carbocycles. The molecule has 0 fully saturated rings. The van der Waals surface area contributed by atoms with Crippen LogP contribution in [0.25, 0.3) is 0 Å². The first-order valence-electron chi connectivity index (χ1n) is 11.4. The fourth-order valence-electron chi connectivity index (χ4n) is 3.13. The number of aryl methyl sites for hydroxylation is 4. The van der Waals surface area contributed by atoms with Crippen LogP contribution in [0.4, 0.5) is 0 Å². The third-order valence-corrected chi connectivity index (χ3v) is 5.11. The van der Waals surface area contributed by atoms with Gasteiger partial charge in [-0.1, -0.05) is 24.3 Å². The van der Waals surface area contributed by atoms with Crippen LogP contribution in [-0.4, -0.2) is 61.8 Å². The fraction of sp³-hybridized carbons (Fsp3) is 0.462. The van der Waals surface area contributed by atoms with E-state index in [-0.39, 0.29) is 62.7 Å². The van der Waals surface area contributed by atoms with Gasteiger partial charge in [0.25, 0.3) is 0 Å². The quantitative estimate of drug-likeness (QED) is 0.298. The second kappa shape index (κ2) is 14.9. The van der Waals surface area contributed by atoms with Crippen molar-refractivity contribution >= 4 is 11.9 Å². The average molecular weight is 475 g/mol. The summed E-state index contributed by atoms with van der Waals surface area (Å²) in [4.78, 5) is 23.6. The molecule has 0 radical (unpaired) electrons. The summed E-state index contributed by atoms with van der Waals surface area (Å²) in [6.45, 7) is 5.21. The lowest BCUT2D eigenvalue weighted by molar-refractivity contribution is -0.146. The summed E-state index contributed by atoms with van der Waals surface area (Å²) in [6, 6.07) is 10.5. The first-order chi connectivity index (χ1) is 16.3. The fourth-order valence-corrected chi connectivity index (χ4v) is 3.13. The molecule has 0 bridgehead atoms. The van der Waals surface area contributed by atoms with Gasteiger partial charge in [-0.15, -0.1) is 0 Å². The molecule has 8 nitrogen and oxygen atoms in total. The average Bonchev–Trinajstić information content (AvgIpc) is 2.81. The molecule has 0 spiro atoms. The van der Waals surface area contributed by atoms with Gasteiger partial charge in [-0.25, -0.2) is 0 Å². The largest absolute Gasteiger partial charge is 0.508 e. The number of carbonyl (C=O) groups excluding carboxylic acids is 2. The lowest BCUT2D eigenvalue weighted by Gasteiger charge is -2.08. The van der Waals surface area contributed by atoms with E-state index in [1.165, 1.54) is 0 Å². The highest BCUT2D eigenvalue weighted by molar-refractivity contribution is 5.70. The molecule has 0 aromatic heterocycles. The first-order valence-corrected chi connectivity index (χ1v) is 11.4. The van der Waals surface area contributed by atoms with Crippen LogP contribution in [0, 0.1) is 13.8 Å². The van der Waals surface area contributed by atoms with Crippen molar-refractivity contribution in [2.45, 2.75) is 39.5 Å². The van der Waals surface area contributed by atoms with Gasteiger partial charge in [0.15, 0.2) is 0 Å². The maximum absolute atomic E-state index is 11.8. The normalized spacial score (nSPS) is 10.8. The van der Waals surface area contributed by atoms with Crippen LogP contribution < -0.4 is 0 Å². The summed E-state index contributed by atoms with van der Waals surface area (Å²) in [5.74, 6) is -0.114. The Bertz CT molecular complexity index is 850. The van der Waals surface area contributed by atoms with Crippen LogP contribution in [0.3, 0.4) is 0 Å². The van der Waals surface area contributed by atoms with Crippen molar-refractivity contribution in [3.05, 3.63) is 58.7 Å². The molecule has 186 valence electrons. The maximum atomic E-state index is 11.8. The van der Waals surface area contributed by atoms with Crippen LogP contribution in [-0.2, 0) is 41.4 Å². The Morgan fingerprint density at radius 3 is 1.41 bits per heavy atom. The number of benzene rings is 2. The number of phenolic OH excluding ortho intramolecular Hbond substituents is 2. The van der Waals surface area contributed by atoms with Gasteiger partial charge in [-0.2, -0.15) is 0 Å². The van der Waals surface area contributed by atoms with Crippen LogP contribution in [0.15, 0.2) is 36.4 Å². The number of aromatic hydroxyl groups is 2. The Labute approximate surface area is 200 Å². The predicted molar refractivity (Wildman–Crippen MR) is 126 cm³/mol. The molecule has 0 aliphatic heterocycles. The molecular formula is C26H34O8. The lowest BCUT2D eigenvalue weighted by atomic mass is 10.1. The van der Waals surface area contributed by atoms with Crippen LogP contribution >= 0.6 is 0 Å². The molecule has 0 atom stereocenters. The smallest absolute Gasteiger partial charge is 0.306 e. The molecule has 2 aromatic carbocycles. The molecule has 8 heteroatoms. The summed E-state index contributed by atoms with van der Waals surface area (Å²) in [5, 5.41) is 19.0. The Balaban J connectivity index is 1.40. The van der Waals surface area contributed by atoms with E-state index in [4.69, 9.17) is 18.9 Å². The van der Waals surface area contributed by atoms with E-state index >= 15 is 0 Å². The van der Waals surface area contributed by atoms with E-state index in [9.17, 15) is 19.8 Å². The minimum absolute atomic E-state index is 0.172. The first kappa shape index (κ1) is 27.1. The molecule has 0 amide bonds. The molecule has 0 unspecified atom stereocenters. The van der Waals surface area contributed by atoms with Crippen molar-refractivity contribution < 1.29 is 38.7 Å². The second-order valence-electron chi connectivity index (χ2n) is 7.91. The van der Waals surface area contributed by atoms with E-state index in [2.05, 4.69) is 0 Å². The van der Waals surface area contributed by atoms with Gasteiger partial charge in [0.1, 0.15) is 24.7 Å². The number of hydrogen-bond donors (Lipinski definition) is 2. The number of esters is 2. The van der Waals surface area contributed by atoms with Crippen molar-refractivity contribution in [1.82, 2.24) is 0 Å². The van der Waals surface area contributed by atoms with E-state index < -0.39 is 0 Å². The van der Waals surface area contributed by atoms with Gasteiger partial charge >= 0.3 is 11.9 Å². The van der Waals surface area contributed by atoms with Gasteiger partial charge in [0, 0.05) is 12.8 Å². The number of rotatable bonds is 15. The van der Waals surface area contributed by atoms with Crippen molar-refractivity contribution in [2.24, 2.45) is 0 Å². The Morgan fingerprint density at radius 1 is 0.647 bits per heavy atom. The van der Waals surface area contributed by atoms with Crippen LogP contribution in [0.2, 0.25) is 0 Å². The zero-order valence-corrected chi connectivity index (χ0v) is 19.9. The minimum atomic E-state index is -0.298. The molecular weight excluding hydrogens is 440 g/mol. The maximum Gasteiger partial charge on any atom is 0.306 e. The minimum Gasteiger partial charge on any atom is -0.508 e. The van der Waals surface area contributed by atoms with Crippen molar-refractivity contribution in [2.75, 3.05) is 39.6 Å². The Hall–Kier alpha value is -3.10. The van der Waals surface area contributed by atoms with Crippen LogP contribution in [0.1, 0.15) is 35.1 Å². The summed E-state index contributed by atoms with van der Waals surface area (Å²) >= 11 is 0. The highest BCUT2D eigenvalue weighted by Crippen LogP contribution is 2.18. The molecule has 0 aliphatic carbocycles. The van der Waals surface area contributed by atoms with Crippen LogP contribution in [0.5, 0.6) is 11.5 Å². The molecule has 0 saturated heterocycles. The van der Waals surface area contributed by atoms with Crippen molar-refractivity contribution in [1.29, 1.82) is 0 Å². The van der Waals surface area contributed by atoms with Gasteiger partial charge in [0.2, 0.25) is 0 Å². The van der Waals surface area contributed by atoms with E-state index in [0.717, 1.165) is 22.3 Å². The molecule has 2 rings (SSSR count). The van der Waals surface area contributed by atoms with Crippen molar-refractivity contribution in [3.63, 3.8) is 0 Å².